The Morgan fingerprint density at radius 3 is 2.29 bits per heavy atom. The van der Waals surface area contributed by atoms with Crippen LogP contribution in [0.4, 0.5) is 0 Å². The molecule has 184 valence electrons. The Morgan fingerprint density at radius 2 is 1.69 bits per heavy atom. The summed E-state index contributed by atoms with van der Waals surface area (Å²) >= 11 is 6.67. The van der Waals surface area contributed by atoms with Crippen molar-refractivity contribution in [3.63, 3.8) is 0 Å². The van der Waals surface area contributed by atoms with Crippen molar-refractivity contribution in [3.8, 4) is 17.2 Å². The van der Waals surface area contributed by atoms with Gasteiger partial charge < -0.3 is 13.7 Å². The van der Waals surface area contributed by atoms with Crippen molar-refractivity contribution in [1.29, 1.82) is 0 Å². The van der Waals surface area contributed by atoms with Gasteiger partial charge in [-0.15, -0.1) is 0 Å². The summed E-state index contributed by atoms with van der Waals surface area (Å²) in [7, 11) is -2.54. The summed E-state index contributed by atoms with van der Waals surface area (Å²) in [6, 6.07) is 14.4. The van der Waals surface area contributed by atoms with Crippen LogP contribution in [-0.4, -0.2) is 34.3 Å². The quantitative estimate of drug-likeness (QED) is 0.192. The van der Waals surface area contributed by atoms with Crippen molar-refractivity contribution in [2.24, 2.45) is 5.10 Å². The van der Waals surface area contributed by atoms with Gasteiger partial charge in [-0.1, -0.05) is 17.7 Å². The number of hydrazone groups is 1. The Bertz CT molecular complexity index is 1340. The maximum Gasteiger partial charge on any atom is 0.339 e. The molecule has 0 spiro atoms. The molecular weight excluding hydrogens is 604 g/mol. The fourth-order valence-corrected chi connectivity index (χ4v) is 5.47. The van der Waals surface area contributed by atoms with E-state index in [-0.39, 0.29) is 10.6 Å². The zero-order chi connectivity index (χ0) is 25.6. The van der Waals surface area contributed by atoms with E-state index in [4.69, 9.17) is 13.7 Å². The van der Waals surface area contributed by atoms with Crippen LogP contribution in [0.1, 0.15) is 28.4 Å². The van der Waals surface area contributed by atoms with E-state index in [1.807, 2.05) is 13.8 Å². The molecule has 8 nitrogen and oxygen atoms in total. The van der Waals surface area contributed by atoms with Gasteiger partial charge in [0.15, 0.2) is 17.2 Å². The molecule has 3 aromatic rings. The highest BCUT2D eigenvalue weighted by atomic mass is 79.9. The second kappa shape index (κ2) is 11.7. The van der Waals surface area contributed by atoms with Gasteiger partial charge in [0.25, 0.3) is 5.91 Å². The van der Waals surface area contributed by atoms with E-state index in [0.717, 1.165) is 5.56 Å². The second-order valence-electron chi connectivity index (χ2n) is 7.16. The summed E-state index contributed by atoms with van der Waals surface area (Å²) in [5.74, 6) is 0.627. The maximum atomic E-state index is 12.6. The lowest BCUT2D eigenvalue weighted by Gasteiger charge is -2.11. The van der Waals surface area contributed by atoms with Crippen molar-refractivity contribution in [2.75, 3.05) is 13.7 Å². The lowest BCUT2D eigenvalue weighted by Crippen LogP contribution is -2.17. The summed E-state index contributed by atoms with van der Waals surface area (Å²) in [5.41, 5.74) is 4.30. The number of nitrogens with zero attached hydrogens (tertiary/aromatic N) is 1. The molecule has 3 aromatic carbocycles. The molecule has 35 heavy (non-hydrogen) atoms. The SMILES string of the molecule is CCOc1ccc(C(=O)N/N=C/c2cc(Br)c(OS(=O)(=O)c3ccc(C)cc3)c(Br)c2)cc1OC. The monoisotopic (exact) mass is 624 g/mol. The van der Waals surface area contributed by atoms with Gasteiger partial charge in [0.05, 0.1) is 28.9 Å². The molecule has 0 saturated carbocycles. The van der Waals surface area contributed by atoms with Gasteiger partial charge in [-0.25, -0.2) is 5.43 Å². The number of aryl methyl sites for hydroxylation is 1. The van der Waals surface area contributed by atoms with Crippen LogP contribution in [0, 0.1) is 6.92 Å². The Morgan fingerprint density at radius 1 is 1.03 bits per heavy atom. The van der Waals surface area contributed by atoms with Crippen LogP contribution in [0.25, 0.3) is 0 Å². The number of hydrogen-bond donors (Lipinski definition) is 1. The van der Waals surface area contributed by atoms with Gasteiger partial charge in [-0.3, -0.25) is 4.79 Å². The van der Waals surface area contributed by atoms with Crippen LogP contribution in [0.5, 0.6) is 17.2 Å². The Kier molecular flexibility index (Phi) is 8.92. The number of ether oxygens (including phenoxy) is 2. The highest BCUT2D eigenvalue weighted by Gasteiger charge is 2.20. The first-order valence-corrected chi connectivity index (χ1v) is 13.3. The van der Waals surface area contributed by atoms with Crippen LogP contribution in [-0.2, 0) is 10.1 Å². The third-order valence-corrected chi connectivity index (χ3v) is 7.04. The third-order valence-electron chi connectivity index (χ3n) is 4.63. The van der Waals surface area contributed by atoms with Gasteiger partial charge in [0.1, 0.15) is 4.90 Å². The molecule has 0 aromatic heterocycles. The zero-order valence-electron chi connectivity index (χ0n) is 19.0. The van der Waals surface area contributed by atoms with Gasteiger partial charge >= 0.3 is 10.1 Å². The number of halogens is 2. The molecule has 3 rings (SSSR count). The molecule has 1 N–H and O–H groups in total. The predicted molar refractivity (Wildman–Crippen MR) is 140 cm³/mol. The van der Waals surface area contributed by atoms with Crippen molar-refractivity contribution in [3.05, 3.63) is 80.2 Å². The van der Waals surface area contributed by atoms with E-state index in [9.17, 15) is 13.2 Å². The minimum absolute atomic E-state index is 0.0428. The lowest BCUT2D eigenvalue weighted by atomic mass is 10.2. The van der Waals surface area contributed by atoms with Crippen LogP contribution in [0.15, 0.2) is 73.5 Å². The minimum atomic E-state index is -4.03. The molecular formula is C24H22Br2N2O6S. The number of methoxy groups -OCH3 is 1. The summed E-state index contributed by atoms with van der Waals surface area (Å²) in [4.78, 5) is 12.5. The van der Waals surface area contributed by atoms with E-state index in [0.29, 0.717) is 38.2 Å². The molecule has 0 aliphatic rings. The maximum absolute atomic E-state index is 12.6. The molecule has 0 saturated heterocycles. The summed E-state index contributed by atoms with van der Waals surface area (Å²) in [6.07, 6.45) is 1.41. The van der Waals surface area contributed by atoms with Crippen LogP contribution in [0.3, 0.4) is 0 Å². The van der Waals surface area contributed by atoms with Gasteiger partial charge in [-0.2, -0.15) is 13.5 Å². The fourth-order valence-electron chi connectivity index (χ4n) is 2.91. The largest absolute Gasteiger partial charge is 0.493 e. The molecule has 0 bridgehead atoms. The zero-order valence-corrected chi connectivity index (χ0v) is 23.0. The number of carbonyl (C=O) groups is 1. The predicted octanol–water partition coefficient (Wildman–Crippen LogP) is 5.46. The molecule has 0 aliphatic carbocycles. The van der Waals surface area contributed by atoms with Gasteiger partial charge in [0.2, 0.25) is 0 Å². The standard InChI is InChI=1S/C24H22Br2N2O6S/c1-4-33-21-10-7-17(13-22(21)32-3)24(29)28-27-14-16-11-19(25)23(20(26)12-16)34-35(30,31)18-8-5-15(2)6-9-18/h5-14H,4H2,1-3H3,(H,28,29)/b27-14+. The van der Waals surface area contributed by atoms with Crippen molar-refractivity contribution in [2.45, 2.75) is 18.7 Å². The van der Waals surface area contributed by atoms with Gasteiger partial charge in [-0.05, 0) is 93.7 Å². The smallest absolute Gasteiger partial charge is 0.339 e. The van der Waals surface area contributed by atoms with Crippen LogP contribution < -0.4 is 19.1 Å². The van der Waals surface area contributed by atoms with Gasteiger partial charge in [0, 0.05) is 5.56 Å². The number of hydrogen-bond acceptors (Lipinski definition) is 7. The molecule has 0 fully saturated rings. The topological polar surface area (TPSA) is 103 Å². The average molecular weight is 626 g/mol. The highest BCUT2D eigenvalue weighted by molar-refractivity contribution is 9.11. The summed E-state index contributed by atoms with van der Waals surface area (Å²) in [6.45, 7) is 4.19. The first kappa shape index (κ1) is 26.7. The van der Waals surface area contributed by atoms with E-state index in [2.05, 4.69) is 42.4 Å². The van der Waals surface area contributed by atoms with E-state index in [1.165, 1.54) is 25.5 Å². The first-order chi connectivity index (χ1) is 16.6. The number of benzene rings is 3. The second-order valence-corrected chi connectivity index (χ2v) is 10.4. The van der Waals surface area contributed by atoms with E-state index in [1.54, 1.807) is 42.5 Å². The molecule has 1 amide bonds. The molecule has 0 unspecified atom stereocenters. The number of nitrogens with one attached hydrogen (secondary N) is 1. The van der Waals surface area contributed by atoms with Crippen molar-refractivity contribution < 1.29 is 26.9 Å². The number of carbonyl (C=O) groups excluding carboxylic acids is 1. The molecule has 0 atom stereocenters. The molecule has 0 heterocycles. The summed E-state index contributed by atoms with van der Waals surface area (Å²) < 4.78 is 42.1. The van der Waals surface area contributed by atoms with Crippen LogP contribution in [0.2, 0.25) is 0 Å². The van der Waals surface area contributed by atoms with Crippen LogP contribution >= 0.6 is 31.9 Å². The van der Waals surface area contributed by atoms with E-state index >= 15 is 0 Å². The van der Waals surface area contributed by atoms with Crippen molar-refractivity contribution in [1.82, 2.24) is 5.43 Å². The fraction of sp³-hybridized carbons (Fsp3) is 0.167. The lowest BCUT2D eigenvalue weighted by molar-refractivity contribution is 0.0954. The summed E-state index contributed by atoms with van der Waals surface area (Å²) in [5, 5.41) is 3.98. The number of rotatable bonds is 9. The first-order valence-electron chi connectivity index (χ1n) is 10.3. The average Bonchev–Trinajstić information content (AvgIpc) is 2.82. The Hall–Kier alpha value is -2.89. The van der Waals surface area contributed by atoms with Crippen molar-refractivity contribution >= 4 is 54.1 Å². The molecule has 0 radical (unpaired) electrons. The van der Waals surface area contributed by atoms with E-state index < -0.39 is 16.0 Å². The minimum Gasteiger partial charge on any atom is -0.493 e. The number of amides is 1. The third kappa shape index (κ3) is 6.83. The molecule has 11 heteroatoms. The normalized spacial score (nSPS) is 11.3. The molecule has 0 aliphatic heterocycles. The highest BCUT2D eigenvalue weighted by Crippen LogP contribution is 2.36. The Balaban J connectivity index is 1.72. The Labute approximate surface area is 220 Å².